The summed E-state index contributed by atoms with van der Waals surface area (Å²) in [5, 5.41) is 11.0. The number of aromatic amines is 1. The van der Waals surface area contributed by atoms with Crippen LogP contribution in [-0.4, -0.2) is 31.8 Å². The lowest BCUT2D eigenvalue weighted by Gasteiger charge is -2.09. The van der Waals surface area contributed by atoms with E-state index in [1.165, 1.54) is 11.8 Å². The summed E-state index contributed by atoms with van der Waals surface area (Å²) in [5.41, 5.74) is -0.189. The van der Waals surface area contributed by atoms with Crippen molar-refractivity contribution in [3.05, 3.63) is 22.4 Å². The number of hydrogen-bond acceptors (Lipinski definition) is 6. The summed E-state index contributed by atoms with van der Waals surface area (Å²) < 4.78 is 1.63. The van der Waals surface area contributed by atoms with Gasteiger partial charge in [0.2, 0.25) is 0 Å². The highest BCUT2D eigenvalue weighted by molar-refractivity contribution is 7.99. The van der Waals surface area contributed by atoms with Gasteiger partial charge in [-0.3, -0.25) is 4.57 Å². The third kappa shape index (κ3) is 3.63. The van der Waals surface area contributed by atoms with Gasteiger partial charge < -0.3 is 5.32 Å². The van der Waals surface area contributed by atoms with Crippen molar-refractivity contribution in [3.8, 4) is 0 Å². The molecule has 114 valence electrons. The number of H-pyrrole nitrogens is 1. The molecule has 0 unspecified atom stereocenters. The zero-order chi connectivity index (χ0) is 15.4. The number of anilines is 1. The van der Waals surface area contributed by atoms with Crippen LogP contribution in [0.3, 0.4) is 0 Å². The van der Waals surface area contributed by atoms with Gasteiger partial charge in [-0.1, -0.05) is 20.8 Å². The molecule has 21 heavy (non-hydrogen) atoms. The zero-order valence-electron chi connectivity index (χ0n) is 12.7. The zero-order valence-corrected chi connectivity index (χ0v) is 13.5. The van der Waals surface area contributed by atoms with Crippen molar-refractivity contribution in [1.82, 2.24) is 24.7 Å². The molecule has 7 nitrogen and oxygen atoms in total. The van der Waals surface area contributed by atoms with E-state index in [9.17, 15) is 4.79 Å². The Morgan fingerprint density at radius 1 is 1.43 bits per heavy atom. The normalized spacial score (nSPS) is 11.1. The lowest BCUT2D eigenvalue weighted by atomic mass is 10.2. The number of nitrogens with one attached hydrogen (secondary N) is 2. The number of aromatic nitrogens is 5. The molecule has 0 saturated heterocycles. The number of nitrogens with zero attached hydrogens (tertiary/aromatic N) is 4. The largest absolute Gasteiger partial charge is 0.373 e. The molecule has 0 saturated carbocycles. The van der Waals surface area contributed by atoms with Crippen LogP contribution in [0.1, 0.15) is 38.9 Å². The van der Waals surface area contributed by atoms with E-state index in [1.54, 1.807) is 4.57 Å². The number of hydrogen-bond donors (Lipinski definition) is 2. The first kappa shape index (κ1) is 15.6. The van der Waals surface area contributed by atoms with Crippen LogP contribution in [0.25, 0.3) is 0 Å². The van der Waals surface area contributed by atoms with E-state index < -0.39 is 0 Å². The van der Waals surface area contributed by atoms with Crippen LogP contribution >= 0.6 is 11.8 Å². The Labute approximate surface area is 127 Å². The summed E-state index contributed by atoms with van der Waals surface area (Å²) in [6, 6.07) is 1.85. The molecule has 2 aromatic rings. The van der Waals surface area contributed by atoms with Crippen molar-refractivity contribution in [2.24, 2.45) is 0 Å². The molecule has 0 spiro atoms. The van der Waals surface area contributed by atoms with Crippen molar-refractivity contribution in [3.63, 3.8) is 0 Å². The van der Waals surface area contributed by atoms with Gasteiger partial charge >= 0.3 is 5.69 Å². The molecule has 8 heteroatoms. The Morgan fingerprint density at radius 2 is 2.19 bits per heavy atom. The van der Waals surface area contributed by atoms with Gasteiger partial charge in [-0.25, -0.2) is 19.9 Å². The second kappa shape index (κ2) is 6.75. The molecule has 0 radical (unpaired) electrons. The third-order valence-electron chi connectivity index (χ3n) is 2.86. The fraction of sp³-hybridized carbons (Fsp3) is 0.538. The number of rotatable bonds is 6. The highest BCUT2D eigenvalue weighted by Crippen LogP contribution is 2.26. The van der Waals surface area contributed by atoms with Crippen LogP contribution in [-0.2, 0) is 6.54 Å². The van der Waals surface area contributed by atoms with Crippen LogP contribution in [0.15, 0.2) is 21.0 Å². The molecule has 2 rings (SSSR count). The molecular weight excluding hydrogens is 288 g/mol. The minimum Gasteiger partial charge on any atom is -0.373 e. The Kier molecular flexibility index (Phi) is 5.00. The smallest absolute Gasteiger partial charge is 0.343 e. The minimum absolute atomic E-state index is 0.189. The molecule has 0 aliphatic heterocycles. The highest BCUT2D eigenvalue weighted by atomic mass is 32.2. The second-order valence-corrected chi connectivity index (χ2v) is 5.91. The summed E-state index contributed by atoms with van der Waals surface area (Å²) in [6.07, 6.45) is 0.871. The van der Waals surface area contributed by atoms with Gasteiger partial charge in [-0.2, -0.15) is 0 Å². The molecule has 0 amide bonds. The topological polar surface area (TPSA) is 88.5 Å². The summed E-state index contributed by atoms with van der Waals surface area (Å²) in [7, 11) is 1.82. The van der Waals surface area contributed by atoms with Crippen LogP contribution in [0.2, 0.25) is 0 Å². The highest BCUT2D eigenvalue weighted by Gasteiger charge is 2.13. The molecular formula is C13H20N6OS. The summed E-state index contributed by atoms with van der Waals surface area (Å²) in [4.78, 5) is 20.7. The van der Waals surface area contributed by atoms with Crippen LogP contribution in [0.5, 0.6) is 0 Å². The monoisotopic (exact) mass is 308 g/mol. The summed E-state index contributed by atoms with van der Waals surface area (Å²) in [5.74, 6) is 1.76. The van der Waals surface area contributed by atoms with E-state index in [0.717, 1.165) is 23.1 Å². The molecule has 2 heterocycles. The lowest BCUT2D eigenvalue weighted by molar-refractivity contribution is 0.603. The van der Waals surface area contributed by atoms with Gasteiger partial charge in [-0.05, 0) is 18.2 Å². The van der Waals surface area contributed by atoms with E-state index >= 15 is 0 Å². The fourth-order valence-electron chi connectivity index (χ4n) is 1.78. The van der Waals surface area contributed by atoms with Crippen molar-refractivity contribution in [2.75, 3.05) is 12.4 Å². The Bertz CT molecular complexity index is 663. The molecule has 0 bridgehead atoms. The molecule has 0 atom stereocenters. The predicted molar refractivity (Wildman–Crippen MR) is 82.9 cm³/mol. The summed E-state index contributed by atoms with van der Waals surface area (Å²) >= 11 is 1.37. The molecule has 0 fully saturated rings. The van der Waals surface area contributed by atoms with Gasteiger partial charge in [0.05, 0.1) is 0 Å². The first-order valence-electron chi connectivity index (χ1n) is 6.95. The predicted octanol–water partition coefficient (Wildman–Crippen LogP) is 2.09. The van der Waals surface area contributed by atoms with E-state index in [2.05, 4.69) is 25.5 Å². The minimum atomic E-state index is -0.189. The maximum Gasteiger partial charge on any atom is 0.343 e. The Morgan fingerprint density at radius 3 is 2.81 bits per heavy atom. The van der Waals surface area contributed by atoms with Gasteiger partial charge in [0.25, 0.3) is 0 Å². The molecule has 0 aliphatic rings. The summed E-state index contributed by atoms with van der Waals surface area (Å²) in [6.45, 7) is 6.75. The van der Waals surface area contributed by atoms with E-state index in [-0.39, 0.29) is 11.6 Å². The molecule has 0 aliphatic carbocycles. The van der Waals surface area contributed by atoms with E-state index in [4.69, 9.17) is 0 Å². The van der Waals surface area contributed by atoms with Crippen molar-refractivity contribution < 1.29 is 0 Å². The first-order chi connectivity index (χ1) is 10.0. The second-order valence-electron chi connectivity index (χ2n) is 4.92. The first-order valence-corrected chi connectivity index (χ1v) is 7.76. The van der Waals surface area contributed by atoms with E-state index in [1.807, 2.05) is 33.9 Å². The maximum atomic E-state index is 11.7. The molecule has 2 aromatic heterocycles. The van der Waals surface area contributed by atoms with Gasteiger partial charge in [0, 0.05) is 25.6 Å². The fourth-order valence-corrected chi connectivity index (χ4v) is 2.65. The average Bonchev–Trinajstić information content (AvgIpc) is 2.80. The standard InChI is InChI=1S/C13H20N6OS/c1-5-6-19-12(20)17-18-13(19)21-10-7-9(14-4)15-11(16-10)8(2)3/h7-8H,5-6H2,1-4H3,(H,17,20)(H,14,15,16). The van der Waals surface area contributed by atoms with Crippen molar-refractivity contribution in [2.45, 2.75) is 49.8 Å². The average molecular weight is 308 g/mol. The lowest BCUT2D eigenvalue weighted by Crippen LogP contribution is -2.17. The third-order valence-corrected chi connectivity index (χ3v) is 3.77. The quantitative estimate of drug-likeness (QED) is 0.794. The van der Waals surface area contributed by atoms with Gasteiger partial charge in [0.1, 0.15) is 16.7 Å². The Balaban J connectivity index is 2.35. The molecule has 2 N–H and O–H groups in total. The van der Waals surface area contributed by atoms with Crippen LogP contribution in [0, 0.1) is 0 Å². The Hall–Kier alpha value is -1.83. The van der Waals surface area contributed by atoms with Crippen LogP contribution < -0.4 is 11.0 Å². The van der Waals surface area contributed by atoms with Crippen molar-refractivity contribution >= 4 is 17.6 Å². The maximum absolute atomic E-state index is 11.7. The SMILES string of the molecule is CCCn1c(Sc2cc(NC)nc(C(C)C)n2)n[nH]c1=O. The van der Waals surface area contributed by atoms with Gasteiger partial charge in [-0.15, -0.1) is 5.10 Å². The molecule has 0 aromatic carbocycles. The van der Waals surface area contributed by atoms with E-state index in [0.29, 0.717) is 11.7 Å². The van der Waals surface area contributed by atoms with Gasteiger partial charge in [0.15, 0.2) is 5.16 Å². The van der Waals surface area contributed by atoms with Crippen LogP contribution in [0.4, 0.5) is 5.82 Å². The van der Waals surface area contributed by atoms with Crippen molar-refractivity contribution in [1.29, 1.82) is 0 Å².